The lowest BCUT2D eigenvalue weighted by molar-refractivity contribution is 0.300. The van der Waals surface area contributed by atoms with Crippen LogP contribution in [0.3, 0.4) is 0 Å². The van der Waals surface area contributed by atoms with Crippen LogP contribution in [0.5, 0.6) is 0 Å². The summed E-state index contributed by atoms with van der Waals surface area (Å²) in [5, 5.41) is 8.02. The number of unbranched alkanes of at least 4 members (excludes halogenated alkanes) is 1. The molecule has 5 nitrogen and oxygen atoms in total. The average Bonchev–Trinajstić information content (AvgIpc) is 2.64. The molecule has 4 N–H and O–H groups in total. The molecule has 0 bridgehead atoms. The lowest BCUT2D eigenvalue weighted by Crippen LogP contribution is -2.21. The van der Waals surface area contributed by atoms with Crippen molar-refractivity contribution in [3.63, 3.8) is 0 Å². The van der Waals surface area contributed by atoms with Crippen LogP contribution in [0.25, 0.3) is 10.9 Å². The first-order valence-electron chi connectivity index (χ1n) is 9.71. The van der Waals surface area contributed by atoms with Gasteiger partial charge in [-0.3, -0.25) is 0 Å². The van der Waals surface area contributed by atoms with Gasteiger partial charge in [0.25, 0.3) is 0 Å². The zero-order valence-corrected chi connectivity index (χ0v) is 15.3. The van der Waals surface area contributed by atoms with Crippen molar-refractivity contribution in [3.8, 4) is 0 Å². The summed E-state index contributed by atoms with van der Waals surface area (Å²) in [6, 6.07) is 8.19. The van der Waals surface area contributed by atoms with Crippen LogP contribution in [0.1, 0.15) is 45.4 Å². The summed E-state index contributed by atoms with van der Waals surface area (Å²) in [6.45, 7) is 4.95. The second-order valence-electron chi connectivity index (χ2n) is 7.34. The van der Waals surface area contributed by atoms with E-state index in [9.17, 15) is 0 Å². The number of aromatic nitrogens is 2. The molecule has 1 aliphatic rings. The summed E-state index contributed by atoms with van der Waals surface area (Å²) in [5.74, 6) is 3.28. The van der Waals surface area contributed by atoms with Gasteiger partial charge in [-0.15, -0.1) is 0 Å². The van der Waals surface area contributed by atoms with E-state index in [4.69, 9.17) is 15.7 Å². The Hall–Kier alpha value is -1.88. The molecule has 1 saturated carbocycles. The van der Waals surface area contributed by atoms with E-state index < -0.39 is 0 Å². The van der Waals surface area contributed by atoms with Gasteiger partial charge in [-0.2, -0.15) is 4.98 Å². The Bertz CT molecular complexity index is 664. The molecule has 25 heavy (non-hydrogen) atoms. The van der Waals surface area contributed by atoms with Crippen LogP contribution >= 0.6 is 0 Å². The van der Waals surface area contributed by atoms with E-state index in [2.05, 4.69) is 29.7 Å². The molecule has 0 saturated heterocycles. The highest BCUT2D eigenvalue weighted by atomic mass is 15.1. The van der Waals surface area contributed by atoms with Gasteiger partial charge in [0.2, 0.25) is 5.95 Å². The topological polar surface area (TPSA) is 75.9 Å². The number of rotatable bonds is 8. The molecule has 1 heterocycles. The molecule has 1 aromatic heterocycles. The van der Waals surface area contributed by atoms with Crippen molar-refractivity contribution in [1.82, 2.24) is 9.97 Å². The van der Waals surface area contributed by atoms with Gasteiger partial charge >= 0.3 is 0 Å². The van der Waals surface area contributed by atoms with E-state index in [1.807, 2.05) is 12.1 Å². The predicted octanol–water partition coefficient (Wildman–Crippen LogP) is 4.02. The smallest absolute Gasteiger partial charge is 0.225 e. The first kappa shape index (κ1) is 17.9. The highest BCUT2D eigenvalue weighted by Gasteiger charge is 2.18. The SMILES string of the molecule is CC1CCC(CNc2nc(NCCCCN)c3ccccc3n2)CC1. The average molecular weight is 342 g/mol. The molecule has 2 aromatic rings. The molecule has 0 unspecified atom stereocenters. The second kappa shape index (κ2) is 8.99. The first-order valence-corrected chi connectivity index (χ1v) is 9.71. The highest BCUT2D eigenvalue weighted by Crippen LogP contribution is 2.28. The number of fused-ring (bicyclic) bond motifs is 1. The second-order valence-corrected chi connectivity index (χ2v) is 7.34. The molecule has 0 aliphatic heterocycles. The van der Waals surface area contributed by atoms with Crippen LogP contribution < -0.4 is 16.4 Å². The number of anilines is 2. The van der Waals surface area contributed by atoms with Gasteiger partial charge in [0.15, 0.2) is 0 Å². The number of hydrogen-bond donors (Lipinski definition) is 3. The molecule has 1 aliphatic carbocycles. The third-order valence-corrected chi connectivity index (χ3v) is 5.21. The summed E-state index contributed by atoms with van der Waals surface area (Å²) in [7, 11) is 0. The van der Waals surface area contributed by atoms with E-state index in [0.29, 0.717) is 0 Å². The number of nitrogens with zero attached hydrogens (tertiary/aromatic N) is 2. The Kier molecular flexibility index (Phi) is 6.45. The molecule has 3 rings (SSSR count). The van der Waals surface area contributed by atoms with Crippen LogP contribution in [-0.4, -0.2) is 29.6 Å². The fraction of sp³-hybridized carbons (Fsp3) is 0.600. The van der Waals surface area contributed by atoms with Gasteiger partial charge in [-0.05, 0) is 56.2 Å². The lowest BCUT2D eigenvalue weighted by atomic mass is 9.83. The summed E-state index contributed by atoms with van der Waals surface area (Å²) in [6.07, 6.45) is 7.40. The molecular weight excluding hydrogens is 310 g/mol. The van der Waals surface area contributed by atoms with Crippen LogP contribution in [0, 0.1) is 11.8 Å². The number of para-hydroxylation sites is 1. The molecular formula is C20H31N5. The Morgan fingerprint density at radius 3 is 2.64 bits per heavy atom. The van der Waals surface area contributed by atoms with Crippen LogP contribution in [0.15, 0.2) is 24.3 Å². The quantitative estimate of drug-likeness (QED) is 0.632. The van der Waals surface area contributed by atoms with Gasteiger partial charge in [-0.1, -0.05) is 31.9 Å². The largest absolute Gasteiger partial charge is 0.369 e. The maximum atomic E-state index is 5.58. The third-order valence-electron chi connectivity index (χ3n) is 5.21. The van der Waals surface area contributed by atoms with E-state index in [-0.39, 0.29) is 0 Å². The zero-order valence-electron chi connectivity index (χ0n) is 15.3. The fourth-order valence-corrected chi connectivity index (χ4v) is 3.54. The normalized spacial score (nSPS) is 20.6. The van der Waals surface area contributed by atoms with E-state index >= 15 is 0 Å². The number of nitrogens with one attached hydrogen (secondary N) is 2. The lowest BCUT2D eigenvalue weighted by Gasteiger charge is -2.26. The van der Waals surface area contributed by atoms with Gasteiger partial charge < -0.3 is 16.4 Å². The molecule has 0 radical (unpaired) electrons. The van der Waals surface area contributed by atoms with Gasteiger partial charge in [0, 0.05) is 18.5 Å². The molecule has 1 fully saturated rings. The summed E-state index contributed by atoms with van der Waals surface area (Å²) in [5.41, 5.74) is 6.56. The van der Waals surface area contributed by atoms with E-state index in [1.54, 1.807) is 0 Å². The minimum atomic E-state index is 0.735. The van der Waals surface area contributed by atoms with Crippen molar-refractivity contribution in [1.29, 1.82) is 0 Å². The van der Waals surface area contributed by atoms with E-state index in [0.717, 1.165) is 67.0 Å². The van der Waals surface area contributed by atoms with E-state index in [1.165, 1.54) is 25.7 Å². The molecule has 5 heteroatoms. The fourth-order valence-electron chi connectivity index (χ4n) is 3.54. The number of nitrogens with two attached hydrogens (primary N) is 1. The van der Waals surface area contributed by atoms with Crippen molar-refractivity contribution in [2.45, 2.75) is 45.4 Å². The molecule has 136 valence electrons. The summed E-state index contributed by atoms with van der Waals surface area (Å²) in [4.78, 5) is 9.43. The van der Waals surface area contributed by atoms with Crippen molar-refractivity contribution in [2.24, 2.45) is 17.6 Å². The van der Waals surface area contributed by atoms with Gasteiger partial charge in [0.05, 0.1) is 5.52 Å². The highest BCUT2D eigenvalue weighted by molar-refractivity contribution is 5.89. The number of hydrogen-bond acceptors (Lipinski definition) is 5. The van der Waals surface area contributed by atoms with Crippen molar-refractivity contribution < 1.29 is 0 Å². The third kappa shape index (κ3) is 5.05. The maximum Gasteiger partial charge on any atom is 0.225 e. The predicted molar refractivity (Wildman–Crippen MR) is 106 cm³/mol. The van der Waals surface area contributed by atoms with Crippen LogP contribution in [-0.2, 0) is 0 Å². The summed E-state index contributed by atoms with van der Waals surface area (Å²) >= 11 is 0. The minimum Gasteiger partial charge on any atom is -0.369 e. The molecule has 0 spiro atoms. The minimum absolute atomic E-state index is 0.735. The summed E-state index contributed by atoms with van der Waals surface area (Å²) < 4.78 is 0. The Morgan fingerprint density at radius 1 is 1.04 bits per heavy atom. The Morgan fingerprint density at radius 2 is 1.84 bits per heavy atom. The molecule has 0 atom stereocenters. The van der Waals surface area contributed by atoms with Crippen molar-refractivity contribution in [2.75, 3.05) is 30.3 Å². The van der Waals surface area contributed by atoms with Crippen molar-refractivity contribution >= 4 is 22.7 Å². The van der Waals surface area contributed by atoms with Crippen LogP contribution in [0.2, 0.25) is 0 Å². The Labute approximate surface area is 150 Å². The monoisotopic (exact) mass is 341 g/mol. The molecule has 0 amide bonds. The van der Waals surface area contributed by atoms with Gasteiger partial charge in [-0.25, -0.2) is 4.98 Å². The molecule has 1 aromatic carbocycles. The first-order chi connectivity index (χ1) is 12.3. The zero-order chi connectivity index (χ0) is 17.5. The van der Waals surface area contributed by atoms with Crippen molar-refractivity contribution in [3.05, 3.63) is 24.3 Å². The van der Waals surface area contributed by atoms with Crippen LogP contribution in [0.4, 0.5) is 11.8 Å². The van der Waals surface area contributed by atoms with Gasteiger partial charge in [0.1, 0.15) is 5.82 Å². The standard InChI is InChI=1S/C20H31N5/c1-15-8-10-16(11-9-15)14-23-20-24-18-7-3-2-6-17(18)19(25-20)22-13-5-4-12-21/h2-3,6-7,15-16H,4-5,8-14,21H2,1H3,(H2,22,23,24,25). The Balaban J connectivity index is 1.67. The number of benzene rings is 1. The maximum absolute atomic E-state index is 5.58.